The minimum atomic E-state index is -0.572. The van der Waals surface area contributed by atoms with Gasteiger partial charge in [0.2, 0.25) is 0 Å². The first kappa shape index (κ1) is 19.2. The molecule has 0 aliphatic carbocycles. The van der Waals surface area contributed by atoms with Crippen molar-refractivity contribution in [3.05, 3.63) is 0 Å². The fourth-order valence-electron chi connectivity index (χ4n) is 2.10. The van der Waals surface area contributed by atoms with Crippen molar-refractivity contribution in [3.8, 4) is 0 Å². The Morgan fingerprint density at radius 1 is 0.900 bits per heavy atom. The lowest BCUT2D eigenvalue weighted by Crippen LogP contribution is -2.17. The summed E-state index contributed by atoms with van der Waals surface area (Å²) in [4.78, 5) is 11.4. The summed E-state index contributed by atoms with van der Waals surface area (Å²) in [6, 6.07) is 0. The summed E-state index contributed by atoms with van der Waals surface area (Å²) in [5, 5.41) is 0. The van der Waals surface area contributed by atoms with Gasteiger partial charge in [-0.15, -0.1) is 0 Å². The Labute approximate surface area is 124 Å². The maximum absolute atomic E-state index is 11.4. The second-order valence-electron chi connectivity index (χ2n) is 5.26. The van der Waals surface area contributed by atoms with E-state index < -0.39 is 6.16 Å². The van der Waals surface area contributed by atoms with E-state index in [1.54, 1.807) is 7.11 Å². The zero-order valence-corrected chi connectivity index (χ0v) is 13.5. The lowest BCUT2D eigenvalue weighted by atomic mass is 9.96. The van der Waals surface area contributed by atoms with Crippen LogP contribution in [0.1, 0.15) is 65.2 Å². The molecule has 0 heterocycles. The van der Waals surface area contributed by atoms with Crippen LogP contribution in [-0.4, -0.2) is 33.1 Å². The highest BCUT2D eigenvalue weighted by atomic mass is 16.7. The number of carbonyl (C=O) groups is 1. The summed E-state index contributed by atoms with van der Waals surface area (Å²) in [6.07, 6.45) is 9.13. The zero-order chi connectivity index (χ0) is 15.1. The minimum absolute atomic E-state index is 0.255. The molecule has 20 heavy (non-hydrogen) atoms. The largest absolute Gasteiger partial charge is 0.508 e. The van der Waals surface area contributed by atoms with Crippen LogP contribution < -0.4 is 0 Å². The number of ether oxygens (including phenoxy) is 3. The van der Waals surface area contributed by atoms with E-state index in [0.717, 1.165) is 12.8 Å². The predicted molar refractivity (Wildman–Crippen MR) is 81.0 cm³/mol. The number of hydrogen-bond donors (Lipinski definition) is 0. The molecule has 1 atom stereocenters. The summed E-state index contributed by atoms with van der Waals surface area (Å²) < 4.78 is 14.9. The molecule has 4 nitrogen and oxygen atoms in total. The summed E-state index contributed by atoms with van der Waals surface area (Å²) in [5.74, 6) is 0.474. The van der Waals surface area contributed by atoms with E-state index in [-0.39, 0.29) is 6.61 Å². The van der Waals surface area contributed by atoms with E-state index in [2.05, 4.69) is 13.8 Å². The summed E-state index contributed by atoms with van der Waals surface area (Å²) >= 11 is 0. The molecule has 0 spiro atoms. The first-order valence-corrected chi connectivity index (χ1v) is 8.03. The normalized spacial score (nSPS) is 12.2. The molecule has 0 aromatic carbocycles. The van der Waals surface area contributed by atoms with Gasteiger partial charge in [-0.3, -0.25) is 0 Å². The Bertz CT molecular complexity index is 219. The number of hydrogen-bond acceptors (Lipinski definition) is 4. The van der Waals surface area contributed by atoms with Crippen molar-refractivity contribution in [1.82, 2.24) is 0 Å². The lowest BCUT2D eigenvalue weighted by Gasteiger charge is -2.16. The van der Waals surface area contributed by atoms with Crippen molar-refractivity contribution >= 4 is 6.16 Å². The van der Waals surface area contributed by atoms with Crippen LogP contribution in [0.15, 0.2) is 0 Å². The van der Waals surface area contributed by atoms with E-state index in [0.29, 0.717) is 19.1 Å². The average molecular weight is 288 g/mol. The second-order valence-corrected chi connectivity index (χ2v) is 5.26. The number of carbonyl (C=O) groups excluding carboxylic acids is 1. The van der Waals surface area contributed by atoms with Crippen molar-refractivity contribution in [2.75, 3.05) is 26.9 Å². The molecule has 0 rings (SSSR count). The van der Waals surface area contributed by atoms with Crippen molar-refractivity contribution in [2.45, 2.75) is 65.2 Å². The van der Waals surface area contributed by atoms with Gasteiger partial charge in [-0.1, -0.05) is 52.4 Å². The van der Waals surface area contributed by atoms with Crippen LogP contribution in [0.5, 0.6) is 0 Å². The van der Waals surface area contributed by atoms with Gasteiger partial charge in [-0.25, -0.2) is 4.79 Å². The molecule has 0 amide bonds. The standard InChI is InChI=1S/C16H32O4/c1-4-6-8-9-11-15(10-7-5-2)14-20-16(17)19-13-12-18-3/h15H,4-14H2,1-3H3. The smallest absolute Gasteiger partial charge is 0.434 e. The molecule has 1 unspecified atom stereocenters. The molecule has 0 aliphatic heterocycles. The quantitative estimate of drug-likeness (QED) is 0.368. The number of rotatable bonds is 13. The Balaban J connectivity index is 3.80. The molecule has 0 aliphatic rings. The first-order chi connectivity index (χ1) is 9.74. The van der Waals surface area contributed by atoms with Crippen LogP contribution in [0.2, 0.25) is 0 Å². The fourth-order valence-corrected chi connectivity index (χ4v) is 2.10. The predicted octanol–water partition coefficient (Wildman–Crippen LogP) is 4.56. The van der Waals surface area contributed by atoms with Crippen LogP contribution in [-0.2, 0) is 14.2 Å². The monoisotopic (exact) mass is 288 g/mol. The third-order valence-corrected chi connectivity index (χ3v) is 3.38. The van der Waals surface area contributed by atoms with Crippen molar-refractivity contribution in [2.24, 2.45) is 5.92 Å². The SMILES string of the molecule is CCCCCCC(CCCC)COC(=O)OCCOC. The minimum Gasteiger partial charge on any atom is -0.434 e. The van der Waals surface area contributed by atoms with Gasteiger partial charge in [0.15, 0.2) is 0 Å². The van der Waals surface area contributed by atoms with Crippen LogP contribution >= 0.6 is 0 Å². The Hall–Kier alpha value is -0.770. The van der Waals surface area contributed by atoms with E-state index in [1.165, 1.54) is 38.5 Å². The topological polar surface area (TPSA) is 44.8 Å². The zero-order valence-electron chi connectivity index (χ0n) is 13.5. The molecule has 120 valence electrons. The third kappa shape index (κ3) is 12.3. The van der Waals surface area contributed by atoms with Gasteiger partial charge in [0, 0.05) is 7.11 Å². The molecule has 0 N–H and O–H groups in total. The van der Waals surface area contributed by atoms with E-state index >= 15 is 0 Å². The van der Waals surface area contributed by atoms with Crippen molar-refractivity contribution in [3.63, 3.8) is 0 Å². The molecule has 0 radical (unpaired) electrons. The average Bonchev–Trinajstić information content (AvgIpc) is 2.45. The second kappa shape index (κ2) is 14.6. The van der Waals surface area contributed by atoms with Crippen molar-refractivity contribution < 1.29 is 19.0 Å². The summed E-state index contributed by atoms with van der Waals surface area (Å²) in [6.45, 7) is 5.55. The van der Waals surface area contributed by atoms with E-state index in [1.807, 2.05) is 0 Å². The maximum atomic E-state index is 11.4. The van der Waals surface area contributed by atoms with Gasteiger partial charge < -0.3 is 14.2 Å². The Morgan fingerprint density at radius 3 is 2.25 bits per heavy atom. The van der Waals surface area contributed by atoms with Crippen LogP contribution in [0.3, 0.4) is 0 Å². The van der Waals surface area contributed by atoms with Gasteiger partial charge in [0.05, 0.1) is 13.2 Å². The highest BCUT2D eigenvalue weighted by molar-refractivity contribution is 5.59. The third-order valence-electron chi connectivity index (χ3n) is 3.38. The highest BCUT2D eigenvalue weighted by Gasteiger charge is 2.12. The van der Waals surface area contributed by atoms with Gasteiger partial charge in [-0.05, 0) is 18.8 Å². The van der Waals surface area contributed by atoms with Crippen LogP contribution in [0.4, 0.5) is 4.79 Å². The molecule has 4 heteroatoms. The van der Waals surface area contributed by atoms with Gasteiger partial charge in [0.25, 0.3) is 0 Å². The molecular weight excluding hydrogens is 256 g/mol. The lowest BCUT2D eigenvalue weighted by molar-refractivity contribution is 0.0264. The van der Waals surface area contributed by atoms with Crippen LogP contribution in [0.25, 0.3) is 0 Å². The molecule has 0 bridgehead atoms. The highest BCUT2D eigenvalue weighted by Crippen LogP contribution is 2.18. The van der Waals surface area contributed by atoms with Gasteiger partial charge in [-0.2, -0.15) is 0 Å². The van der Waals surface area contributed by atoms with Gasteiger partial charge >= 0.3 is 6.16 Å². The fraction of sp³-hybridized carbons (Fsp3) is 0.938. The van der Waals surface area contributed by atoms with E-state index in [9.17, 15) is 4.79 Å². The Kier molecular flexibility index (Phi) is 14.1. The summed E-state index contributed by atoms with van der Waals surface area (Å²) in [5.41, 5.74) is 0. The number of unbranched alkanes of at least 4 members (excludes halogenated alkanes) is 4. The molecular formula is C16H32O4. The van der Waals surface area contributed by atoms with Gasteiger partial charge in [0.1, 0.15) is 6.61 Å². The molecule has 0 aromatic rings. The van der Waals surface area contributed by atoms with E-state index in [4.69, 9.17) is 14.2 Å². The summed E-state index contributed by atoms with van der Waals surface area (Å²) in [7, 11) is 1.58. The molecule has 0 saturated heterocycles. The molecule has 0 fully saturated rings. The molecule has 0 aromatic heterocycles. The Morgan fingerprint density at radius 2 is 1.60 bits per heavy atom. The van der Waals surface area contributed by atoms with Crippen LogP contribution in [0, 0.1) is 5.92 Å². The first-order valence-electron chi connectivity index (χ1n) is 8.03. The van der Waals surface area contributed by atoms with Crippen molar-refractivity contribution in [1.29, 1.82) is 0 Å². The molecule has 0 saturated carbocycles. The number of methoxy groups -OCH3 is 1. The maximum Gasteiger partial charge on any atom is 0.508 e.